The molecule has 0 aliphatic heterocycles. The molecule has 3 rings (SSSR count). The second-order valence-electron chi connectivity index (χ2n) is 5.80. The fourth-order valence-electron chi connectivity index (χ4n) is 2.46. The third-order valence-electron chi connectivity index (χ3n) is 4.06. The molecule has 0 saturated carbocycles. The molecule has 3 aromatic rings. The summed E-state index contributed by atoms with van der Waals surface area (Å²) in [6, 6.07) is 10.3. The van der Waals surface area contributed by atoms with Gasteiger partial charge in [0.1, 0.15) is 11.6 Å². The summed E-state index contributed by atoms with van der Waals surface area (Å²) >= 11 is 0. The molecule has 0 bridgehead atoms. The Bertz CT molecular complexity index is 981. The molecular formula is C19H16F3N5Pt. The van der Waals surface area contributed by atoms with Gasteiger partial charge >= 0.3 is 27.2 Å². The minimum Gasteiger partial charge on any atom is -0.573 e. The van der Waals surface area contributed by atoms with Crippen LogP contribution in [0.3, 0.4) is 0 Å². The number of allylic oxidation sites excluding steroid dienone is 2. The van der Waals surface area contributed by atoms with Crippen molar-refractivity contribution >= 4 is 17.2 Å². The molecule has 0 saturated heterocycles. The predicted octanol–water partition coefficient (Wildman–Crippen LogP) is 4.51. The molecule has 28 heavy (non-hydrogen) atoms. The smallest absolute Gasteiger partial charge is 0.573 e. The van der Waals surface area contributed by atoms with Gasteiger partial charge in [-0.1, -0.05) is 30.4 Å². The van der Waals surface area contributed by atoms with Gasteiger partial charge in [-0.25, -0.2) is 10.6 Å². The first kappa shape index (κ1) is 21.8. The van der Waals surface area contributed by atoms with E-state index in [0.717, 1.165) is 11.3 Å². The second kappa shape index (κ2) is 8.69. The van der Waals surface area contributed by atoms with Crippen LogP contribution in [0.5, 0.6) is 0 Å². The summed E-state index contributed by atoms with van der Waals surface area (Å²) in [4.78, 5) is 10.6. The van der Waals surface area contributed by atoms with Gasteiger partial charge < -0.3 is 20.1 Å². The average molecular weight is 566 g/mol. The standard InChI is InChI=1S/C19H16F3N5.Pt/c1-4-12(2)14-7-5-9-16(24-14)27(3)17-10-6-8-15(25-17)18-13(11-23-26-18)19(20,21)22;/h5-11H,1-3H3;/q-2;+2. The SMILES string of the molecule is C[C-]=C(C)c1cccc(N(C)c2cccc(-c3[n-]ncc3C(F)(F)F)n2)n1.[Pt+2]. The number of aromatic nitrogens is 4. The zero-order chi connectivity index (χ0) is 19.6. The summed E-state index contributed by atoms with van der Waals surface area (Å²) in [5, 5.41) is 6.99. The Balaban J connectivity index is 0.00000280. The summed E-state index contributed by atoms with van der Waals surface area (Å²) in [6.45, 7) is 3.70. The third kappa shape index (κ3) is 4.50. The summed E-state index contributed by atoms with van der Waals surface area (Å²) < 4.78 is 39.3. The van der Waals surface area contributed by atoms with Crippen LogP contribution in [-0.4, -0.2) is 22.1 Å². The van der Waals surface area contributed by atoms with Crippen molar-refractivity contribution in [1.29, 1.82) is 0 Å². The van der Waals surface area contributed by atoms with Crippen molar-refractivity contribution in [3.05, 3.63) is 59.9 Å². The van der Waals surface area contributed by atoms with Crippen LogP contribution in [0.25, 0.3) is 17.0 Å². The van der Waals surface area contributed by atoms with Crippen molar-refractivity contribution < 1.29 is 34.2 Å². The van der Waals surface area contributed by atoms with Crippen LogP contribution in [0.4, 0.5) is 24.8 Å². The van der Waals surface area contributed by atoms with Gasteiger partial charge in [-0.15, -0.1) is 13.0 Å². The van der Waals surface area contributed by atoms with E-state index in [4.69, 9.17) is 0 Å². The van der Waals surface area contributed by atoms with E-state index in [0.29, 0.717) is 17.8 Å². The first-order valence-corrected chi connectivity index (χ1v) is 8.06. The number of pyridine rings is 2. The first-order valence-electron chi connectivity index (χ1n) is 8.06. The first-order chi connectivity index (χ1) is 12.8. The fourth-order valence-corrected chi connectivity index (χ4v) is 2.46. The van der Waals surface area contributed by atoms with E-state index in [1.54, 1.807) is 37.1 Å². The molecule has 0 fully saturated rings. The molecule has 3 heterocycles. The Morgan fingerprint density at radius 3 is 2.36 bits per heavy atom. The Morgan fingerprint density at radius 1 is 1.07 bits per heavy atom. The molecule has 0 atom stereocenters. The molecule has 0 N–H and O–H groups in total. The van der Waals surface area contributed by atoms with Gasteiger partial charge in [-0.05, 0) is 18.2 Å². The zero-order valence-corrected chi connectivity index (χ0v) is 17.5. The van der Waals surface area contributed by atoms with Gasteiger partial charge in [0.15, 0.2) is 0 Å². The largest absolute Gasteiger partial charge is 2.00 e. The van der Waals surface area contributed by atoms with Crippen LogP contribution in [0.2, 0.25) is 0 Å². The minimum atomic E-state index is -4.54. The van der Waals surface area contributed by atoms with E-state index < -0.39 is 11.7 Å². The molecule has 0 amide bonds. The van der Waals surface area contributed by atoms with Gasteiger partial charge in [0, 0.05) is 13.2 Å². The molecule has 5 nitrogen and oxygen atoms in total. The van der Waals surface area contributed by atoms with Gasteiger partial charge in [0.05, 0.1) is 11.3 Å². The Hall–Kier alpha value is -2.47. The quantitative estimate of drug-likeness (QED) is 0.436. The van der Waals surface area contributed by atoms with Crippen LogP contribution >= 0.6 is 0 Å². The Morgan fingerprint density at radius 2 is 1.71 bits per heavy atom. The summed E-state index contributed by atoms with van der Waals surface area (Å²) in [5.41, 5.74) is 0.555. The van der Waals surface area contributed by atoms with Crippen molar-refractivity contribution in [1.82, 2.24) is 20.2 Å². The number of anilines is 2. The summed E-state index contributed by atoms with van der Waals surface area (Å²) in [5.74, 6) is 1.05. The molecule has 0 aliphatic rings. The molecule has 9 heteroatoms. The molecule has 0 spiro atoms. The number of rotatable bonds is 4. The van der Waals surface area contributed by atoms with E-state index in [1.807, 2.05) is 19.1 Å². The van der Waals surface area contributed by atoms with Crippen molar-refractivity contribution in [3.63, 3.8) is 0 Å². The van der Waals surface area contributed by atoms with E-state index in [1.165, 1.54) is 6.07 Å². The van der Waals surface area contributed by atoms with Gasteiger partial charge in [-0.3, -0.25) is 6.08 Å². The molecular weight excluding hydrogens is 550 g/mol. The van der Waals surface area contributed by atoms with Crippen LogP contribution in [0.1, 0.15) is 25.1 Å². The van der Waals surface area contributed by atoms with Crippen molar-refractivity contribution in [2.24, 2.45) is 0 Å². The normalized spacial score (nSPS) is 11.9. The number of hydrogen-bond donors (Lipinski definition) is 0. The van der Waals surface area contributed by atoms with Crippen LogP contribution < -0.4 is 10.00 Å². The van der Waals surface area contributed by atoms with E-state index in [9.17, 15) is 13.2 Å². The third-order valence-corrected chi connectivity index (χ3v) is 4.06. The van der Waals surface area contributed by atoms with Gasteiger partial charge in [-0.2, -0.15) is 13.2 Å². The number of hydrogen-bond acceptors (Lipinski definition) is 4. The van der Waals surface area contributed by atoms with Crippen molar-refractivity contribution in [2.45, 2.75) is 20.0 Å². The van der Waals surface area contributed by atoms with Gasteiger partial charge in [0.25, 0.3) is 0 Å². The summed E-state index contributed by atoms with van der Waals surface area (Å²) in [6.07, 6.45) is -0.806. The molecule has 0 aliphatic carbocycles. The Kier molecular flexibility index (Phi) is 6.77. The van der Waals surface area contributed by atoms with Crippen molar-refractivity contribution in [2.75, 3.05) is 11.9 Å². The minimum absolute atomic E-state index is 0. The molecule has 0 radical (unpaired) electrons. The monoisotopic (exact) mass is 566 g/mol. The predicted molar refractivity (Wildman–Crippen MR) is 96.1 cm³/mol. The Labute approximate surface area is 175 Å². The maximum absolute atomic E-state index is 13.1. The van der Waals surface area contributed by atoms with Crippen LogP contribution in [0, 0.1) is 6.08 Å². The van der Waals surface area contributed by atoms with E-state index >= 15 is 0 Å². The zero-order valence-electron chi connectivity index (χ0n) is 15.2. The maximum Gasteiger partial charge on any atom is 2.00 e. The fraction of sp³-hybridized carbons (Fsp3) is 0.211. The van der Waals surface area contributed by atoms with E-state index in [-0.39, 0.29) is 32.5 Å². The molecule has 0 aromatic carbocycles. The van der Waals surface area contributed by atoms with Crippen molar-refractivity contribution in [3.8, 4) is 11.4 Å². The topological polar surface area (TPSA) is 56.0 Å². The average Bonchev–Trinajstić information content (AvgIpc) is 3.17. The number of alkyl halides is 3. The number of halogens is 3. The van der Waals surface area contributed by atoms with Crippen LogP contribution in [-0.2, 0) is 27.2 Å². The molecule has 0 unspecified atom stereocenters. The second-order valence-corrected chi connectivity index (χ2v) is 5.80. The number of nitrogens with zero attached hydrogens (tertiary/aromatic N) is 5. The summed E-state index contributed by atoms with van der Waals surface area (Å²) in [7, 11) is 1.74. The molecule has 148 valence electrons. The maximum atomic E-state index is 13.1. The van der Waals surface area contributed by atoms with Crippen LogP contribution in [0.15, 0.2) is 42.6 Å². The van der Waals surface area contributed by atoms with Gasteiger partial charge in [0.2, 0.25) is 0 Å². The van der Waals surface area contributed by atoms with E-state index in [2.05, 4.69) is 26.2 Å². The molecule has 3 aromatic heterocycles.